The minimum absolute atomic E-state index is 0.144. The minimum Gasteiger partial charge on any atom is -0.350 e. The van der Waals surface area contributed by atoms with E-state index >= 15 is 0 Å². The Morgan fingerprint density at radius 2 is 2.13 bits per heavy atom. The molecule has 84 valence electrons. The molecule has 15 heavy (non-hydrogen) atoms. The first-order chi connectivity index (χ1) is 6.94. The maximum atomic E-state index is 12.1. The summed E-state index contributed by atoms with van der Waals surface area (Å²) in [5, 5.41) is 0. The Bertz CT molecular complexity index is 327. The zero-order valence-electron chi connectivity index (χ0n) is 8.05. The predicted octanol–water partition coefficient (Wildman–Crippen LogP) is 2.82. The predicted molar refractivity (Wildman–Crippen MR) is 53.1 cm³/mol. The fourth-order valence-electron chi connectivity index (χ4n) is 1.22. The lowest BCUT2D eigenvalue weighted by Gasteiger charge is -2.21. The van der Waals surface area contributed by atoms with E-state index in [1.165, 1.54) is 13.2 Å². The molecule has 2 nitrogen and oxygen atoms in total. The molecule has 1 aromatic heterocycles. The minimum atomic E-state index is -4.24. The van der Waals surface area contributed by atoms with Crippen molar-refractivity contribution in [3.63, 3.8) is 0 Å². The first-order valence-corrected chi connectivity index (χ1v) is 4.75. The monoisotopic (exact) mass is 238 g/mol. The Morgan fingerprint density at radius 3 is 2.67 bits per heavy atom. The molecule has 0 aliphatic rings. The molecule has 6 heteroatoms. The number of pyridine rings is 1. The number of alkyl halides is 4. The van der Waals surface area contributed by atoms with Gasteiger partial charge in [0.25, 0.3) is 0 Å². The van der Waals surface area contributed by atoms with Crippen LogP contribution in [0, 0.1) is 0 Å². The average Bonchev–Trinajstić information content (AvgIpc) is 2.15. The summed E-state index contributed by atoms with van der Waals surface area (Å²) in [5.41, 5.74) is 0.589. The Balaban J connectivity index is 2.86. The fourth-order valence-corrected chi connectivity index (χ4v) is 1.43. The zero-order valence-corrected chi connectivity index (χ0v) is 8.81. The van der Waals surface area contributed by atoms with Crippen LogP contribution in [0.4, 0.5) is 19.0 Å². The fraction of sp³-hybridized carbons (Fsp3) is 0.444. The van der Waals surface area contributed by atoms with Crippen LogP contribution in [0.1, 0.15) is 5.56 Å². The summed E-state index contributed by atoms with van der Waals surface area (Å²) >= 11 is 5.60. The maximum Gasteiger partial charge on any atom is 0.405 e. The highest BCUT2D eigenvalue weighted by Crippen LogP contribution is 2.22. The molecule has 1 aromatic rings. The molecule has 0 bridgehead atoms. The third-order valence-corrected chi connectivity index (χ3v) is 2.08. The van der Waals surface area contributed by atoms with Gasteiger partial charge in [-0.25, -0.2) is 4.98 Å². The lowest BCUT2D eigenvalue weighted by Crippen LogP contribution is -2.32. The lowest BCUT2D eigenvalue weighted by molar-refractivity contribution is -0.119. The van der Waals surface area contributed by atoms with Crippen LogP contribution in [0.15, 0.2) is 18.3 Å². The Labute approximate surface area is 90.7 Å². The van der Waals surface area contributed by atoms with Crippen LogP contribution < -0.4 is 4.90 Å². The molecular weight excluding hydrogens is 229 g/mol. The van der Waals surface area contributed by atoms with E-state index in [0.29, 0.717) is 5.56 Å². The molecule has 1 heterocycles. The van der Waals surface area contributed by atoms with E-state index in [9.17, 15) is 13.2 Å². The van der Waals surface area contributed by atoms with E-state index in [-0.39, 0.29) is 11.7 Å². The van der Waals surface area contributed by atoms with Gasteiger partial charge in [0.2, 0.25) is 0 Å². The van der Waals surface area contributed by atoms with E-state index in [2.05, 4.69) is 4.98 Å². The van der Waals surface area contributed by atoms with Crippen molar-refractivity contribution in [2.45, 2.75) is 12.1 Å². The largest absolute Gasteiger partial charge is 0.405 e. The Morgan fingerprint density at radius 1 is 1.47 bits per heavy atom. The van der Waals surface area contributed by atoms with Crippen molar-refractivity contribution in [2.24, 2.45) is 0 Å². The maximum absolute atomic E-state index is 12.1. The molecule has 1 rings (SSSR count). The van der Waals surface area contributed by atoms with Crippen LogP contribution in [0.3, 0.4) is 0 Å². The Kier molecular flexibility index (Phi) is 3.79. The van der Waals surface area contributed by atoms with Crippen molar-refractivity contribution >= 4 is 17.4 Å². The van der Waals surface area contributed by atoms with Crippen molar-refractivity contribution in [1.82, 2.24) is 4.98 Å². The highest BCUT2D eigenvalue weighted by molar-refractivity contribution is 6.17. The first-order valence-electron chi connectivity index (χ1n) is 4.22. The van der Waals surface area contributed by atoms with E-state index in [0.717, 1.165) is 4.90 Å². The van der Waals surface area contributed by atoms with Gasteiger partial charge >= 0.3 is 6.18 Å². The molecule has 0 saturated carbocycles. The number of rotatable bonds is 3. The van der Waals surface area contributed by atoms with Crippen molar-refractivity contribution in [2.75, 3.05) is 18.5 Å². The van der Waals surface area contributed by atoms with Crippen molar-refractivity contribution in [3.8, 4) is 0 Å². The highest BCUT2D eigenvalue weighted by Gasteiger charge is 2.30. The van der Waals surface area contributed by atoms with Crippen molar-refractivity contribution < 1.29 is 13.2 Å². The summed E-state index contributed by atoms with van der Waals surface area (Å²) in [7, 11) is 1.34. The number of hydrogen-bond acceptors (Lipinski definition) is 2. The molecular formula is C9H10ClF3N2. The van der Waals surface area contributed by atoms with Crippen LogP contribution in [0.2, 0.25) is 0 Å². The molecule has 0 spiro atoms. The summed E-state index contributed by atoms with van der Waals surface area (Å²) in [4.78, 5) is 4.91. The molecule has 0 radical (unpaired) electrons. The third kappa shape index (κ3) is 3.58. The van der Waals surface area contributed by atoms with E-state index in [4.69, 9.17) is 11.6 Å². The second kappa shape index (κ2) is 4.70. The number of hydrogen-bond donors (Lipinski definition) is 0. The van der Waals surface area contributed by atoms with E-state index in [1.54, 1.807) is 12.1 Å². The second-order valence-corrected chi connectivity index (χ2v) is 3.36. The average molecular weight is 239 g/mol. The summed E-state index contributed by atoms with van der Waals surface area (Å²) in [6.45, 7) is -1.03. The van der Waals surface area contributed by atoms with Gasteiger partial charge in [0.1, 0.15) is 12.4 Å². The van der Waals surface area contributed by atoms with E-state index < -0.39 is 12.7 Å². The van der Waals surface area contributed by atoms with Gasteiger partial charge in [-0.05, 0) is 6.07 Å². The van der Waals surface area contributed by atoms with Gasteiger partial charge in [0.15, 0.2) is 0 Å². The normalized spacial score (nSPS) is 11.5. The number of aromatic nitrogens is 1. The summed E-state index contributed by atoms with van der Waals surface area (Å²) < 4.78 is 36.4. The Hall–Kier alpha value is -0.970. The summed E-state index contributed by atoms with van der Waals surface area (Å²) in [6, 6.07) is 3.30. The van der Waals surface area contributed by atoms with Crippen molar-refractivity contribution in [3.05, 3.63) is 23.9 Å². The van der Waals surface area contributed by atoms with Gasteiger partial charge in [-0.3, -0.25) is 0 Å². The number of anilines is 1. The molecule has 0 aliphatic heterocycles. The molecule has 0 fully saturated rings. The molecule has 0 unspecified atom stereocenters. The molecule has 0 aliphatic carbocycles. The van der Waals surface area contributed by atoms with Crippen LogP contribution in [-0.4, -0.2) is 24.8 Å². The molecule has 0 atom stereocenters. The highest BCUT2D eigenvalue weighted by atomic mass is 35.5. The lowest BCUT2D eigenvalue weighted by atomic mass is 10.3. The molecule has 0 amide bonds. The quantitative estimate of drug-likeness (QED) is 0.753. The second-order valence-electron chi connectivity index (χ2n) is 3.09. The molecule has 0 saturated heterocycles. The van der Waals surface area contributed by atoms with Gasteiger partial charge in [0, 0.05) is 18.8 Å². The van der Waals surface area contributed by atoms with Crippen LogP contribution in [0.5, 0.6) is 0 Å². The van der Waals surface area contributed by atoms with Crippen LogP contribution in [-0.2, 0) is 5.88 Å². The van der Waals surface area contributed by atoms with Gasteiger partial charge in [0.05, 0.1) is 5.88 Å². The van der Waals surface area contributed by atoms with Gasteiger partial charge < -0.3 is 4.90 Å². The number of halogens is 4. The first kappa shape index (κ1) is 12.1. The van der Waals surface area contributed by atoms with Gasteiger partial charge in [-0.15, -0.1) is 11.6 Å². The van der Waals surface area contributed by atoms with E-state index in [1.807, 2.05) is 0 Å². The molecule has 0 aromatic carbocycles. The molecule has 0 N–H and O–H groups in total. The summed E-state index contributed by atoms with van der Waals surface area (Å²) in [6.07, 6.45) is -2.80. The van der Waals surface area contributed by atoms with Gasteiger partial charge in [-0.2, -0.15) is 13.2 Å². The van der Waals surface area contributed by atoms with Crippen molar-refractivity contribution in [1.29, 1.82) is 0 Å². The van der Waals surface area contributed by atoms with Gasteiger partial charge in [-0.1, -0.05) is 6.07 Å². The number of nitrogens with zero attached hydrogens (tertiary/aromatic N) is 2. The zero-order chi connectivity index (χ0) is 11.5. The van der Waals surface area contributed by atoms with Crippen LogP contribution >= 0.6 is 11.6 Å². The summed E-state index contributed by atoms with van der Waals surface area (Å²) in [5.74, 6) is 0.413. The topological polar surface area (TPSA) is 16.1 Å². The SMILES string of the molecule is CN(CC(F)(F)F)c1ncccc1CCl. The third-order valence-electron chi connectivity index (χ3n) is 1.79. The standard InChI is InChI=1S/C9H10ClF3N2/c1-15(6-9(11,12)13)8-7(5-10)3-2-4-14-8/h2-4H,5-6H2,1H3. The smallest absolute Gasteiger partial charge is 0.350 e. The van der Waals surface area contributed by atoms with Crippen LogP contribution in [0.25, 0.3) is 0 Å².